The summed E-state index contributed by atoms with van der Waals surface area (Å²) >= 11 is 3.54. The molecule has 0 amide bonds. The number of aliphatic hydroxyl groups excluding tert-OH is 1. The minimum Gasteiger partial charge on any atom is -0.516 e. The van der Waals surface area contributed by atoms with Gasteiger partial charge in [0.25, 0.3) is 0 Å². The summed E-state index contributed by atoms with van der Waals surface area (Å²) in [5, 5.41) is 9.00. The van der Waals surface area contributed by atoms with E-state index < -0.39 is 0 Å². The molecule has 2 nitrogen and oxygen atoms in total. The van der Waals surface area contributed by atoms with Gasteiger partial charge in [-0.2, -0.15) is 0 Å². The van der Waals surface area contributed by atoms with Gasteiger partial charge < -0.3 is 9.84 Å². The van der Waals surface area contributed by atoms with E-state index in [0.29, 0.717) is 23.3 Å². The normalized spacial score (nSPS) is 19.6. The molecule has 0 aliphatic heterocycles. The van der Waals surface area contributed by atoms with Gasteiger partial charge in [0.05, 0.1) is 12.9 Å². The molecule has 0 bridgehead atoms. The lowest BCUT2D eigenvalue weighted by Gasteiger charge is -2.23. The van der Waals surface area contributed by atoms with E-state index in [2.05, 4.69) is 36.7 Å². The van der Waals surface area contributed by atoms with Crippen LogP contribution >= 0.6 is 15.9 Å². The van der Waals surface area contributed by atoms with Gasteiger partial charge in [0.2, 0.25) is 0 Å². The molecule has 0 spiro atoms. The SMILES string of the molecule is COC/C(=C\O)C(C)[C@H](C)[C@@H](C)Br. The molecule has 0 aromatic rings. The number of hydrogen-bond donors (Lipinski definition) is 1. The van der Waals surface area contributed by atoms with Crippen molar-refractivity contribution in [2.24, 2.45) is 11.8 Å². The van der Waals surface area contributed by atoms with Crippen molar-refractivity contribution in [2.45, 2.75) is 25.6 Å². The summed E-state index contributed by atoms with van der Waals surface area (Å²) in [7, 11) is 1.64. The van der Waals surface area contributed by atoms with Crippen molar-refractivity contribution in [3.8, 4) is 0 Å². The molecular formula is C10H19BrO2. The highest BCUT2D eigenvalue weighted by Gasteiger charge is 2.20. The molecule has 0 heterocycles. The molecule has 3 heteroatoms. The minimum absolute atomic E-state index is 0.333. The third-order valence-electron chi connectivity index (χ3n) is 2.57. The van der Waals surface area contributed by atoms with Crippen molar-refractivity contribution in [2.75, 3.05) is 13.7 Å². The summed E-state index contributed by atoms with van der Waals surface area (Å²) in [4.78, 5) is 0.439. The van der Waals surface area contributed by atoms with Gasteiger partial charge in [-0.3, -0.25) is 0 Å². The van der Waals surface area contributed by atoms with E-state index >= 15 is 0 Å². The minimum atomic E-state index is 0.333. The molecule has 0 fully saturated rings. The molecule has 1 N–H and O–H groups in total. The van der Waals surface area contributed by atoms with Crippen molar-refractivity contribution in [1.82, 2.24) is 0 Å². The lowest BCUT2D eigenvalue weighted by atomic mass is 9.88. The van der Waals surface area contributed by atoms with Crippen LogP contribution in [0.25, 0.3) is 0 Å². The van der Waals surface area contributed by atoms with E-state index in [9.17, 15) is 0 Å². The maximum Gasteiger partial charge on any atom is 0.0809 e. The Morgan fingerprint density at radius 3 is 2.31 bits per heavy atom. The maximum absolute atomic E-state index is 9.00. The fourth-order valence-electron chi connectivity index (χ4n) is 1.19. The quantitative estimate of drug-likeness (QED) is 0.600. The second kappa shape index (κ2) is 6.44. The highest BCUT2D eigenvalue weighted by atomic mass is 79.9. The smallest absolute Gasteiger partial charge is 0.0809 e. The van der Waals surface area contributed by atoms with Gasteiger partial charge in [-0.1, -0.05) is 36.7 Å². The molecule has 0 saturated heterocycles. The van der Waals surface area contributed by atoms with Gasteiger partial charge in [-0.15, -0.1) is 0 Å². The predicted molar refractivity (Wildman–Crippen MR) is 59.3 cm³/mol. The molecule has 0 rings (SSSR count). The highest BCUT2D eigenvalue weighted by molar-refractivity contribution is 9.09. The Balaban J connectivity index is 4.28. The second-order valence-corrected chi connectivity index (χ2v) is 4.91. The van der Waals surface area contributed by atoms with Gasteiger partial charge in [0.15, 0.2) is 0 Å². The molecular weight excluding hydrogens is 232 g/mol. The van der Waals surface area contributed by atoms with Gasteiger partial charge in [-0.25, -0.2) is 0 Å². The molecule has 3 atom stereocenters. The summed E-state index contributed by atoms with van der Waals surface area (Å²) in [6.45, 7) is 6.87. The topological polar surface area (TPSA) is 29.5 Å². The number of halogens is 1. The first kappa shape index (κ1) is 13.0. The second-order valence-electron chi connectivity index (χ2n) is 3.46. The molecule has 0 aromatic heterocycles. The lowest BCUT2D eigenvalue weighted by Crippen LogP contribution is -2.20. The van der Waals surface area contributed by atoms with Crippen LogP contribution in [0.1, 0.15) is 20.8 Å². The van der Waals surface area contributed by atoms with E-state index in [-0.39, 0.29) is 0 Å². The Morgan fingerprint density at radius 1 is 1.46 bits per heavy atom. The van der Waals surface area contributed by atoms with Gasteiger partial charge in [0, 0.05) is 11.9 Å². The summed E-state index contributed by atoms with van der Waals surface area (Å²) in [6.07, 6.45) is 1.17. The number of aliphatic hydroxyl groups is 1. The maximum atomic E-state index is 9.00. The van der Waals surface area contributed by atoms with Crippen LogP contribution in [0.5, 0.6) is 0 Å². The van der Waals surface area contributed by atoms with Crippen LogP contribution in [0.2, 0.25) is 0 Å². The van der Waals surface area contributed by atoms with Crippen LogP contribution in [0.3, 0.4) is 0 Å². The first-order valence-electron chi connectivity index (χ1n) is 4.50. The van der Waals surface area contributed by atoms with Crippen molar-refractivity contribution in [1.29, 1.82) is 0 Å². The Bertz CT molecular complexity index is 166. The molecule has 0 aliphatic rings. The Morgan fingerprint density at radius 2 is 2.00 bits per heavy atom. The number of hydrogen-bond acceptors (Lipinski definition) is 2. The van der Waals surface area contributed by atoms with Crippen LogP contribution in [0, 0.1) is 11.8 Å². The molecule has 13 heavy (non-hydrogen) atoms. The van der Waals surface area contributed by atoms with Crippen LogP contribution in [0.4, 0.5) is 0 Å². The molecule has 0 aliphatic carbocycles. The number of ether oxygens (including phenoxy) is 1. The average Bonchev–Trinajstić information content (AvgIpc) is 2.11. The fraction of sp³-hybridized carbons (Fsp3) is 0.800. The third-order valence-corrected chi connectivity index (χ3v) is 3.41. The Kier molecular flexibility index (Phi) is 6.43. The van der Waals surface area contributed by atoms with Crippen LogP contribution in [-0.2, 0) is 4.74 Å². The van der Waals surface area contributed by atoms with Gasteiger partial charge >= 0.3 is 0 Å². The van der Waals surface area contributed by atoms with Gasteiger partial charge in [-0.05, 0) is 17.4 Å². The summed E-state index contributed by atoms with van der Waals surface area (Å²) in [5.41, 5.74) is 0.946. The summed E-state index contributed by atoms with van der Waals surface area (Å²) in [6, 6.07) is 0. The first-order valence-corrected chi connectivity index (χ1v) is 5.42. The first-order chi connectivity index (χ1) is 6.04. The van der Waals surface area contributed by atoms with E-state index in [1.165, 1.54) is 6.26 Å². The average molecular weight is 251 g/mol. The van der Waals surface area contributed by atoms with Crippen LogP contribution in [-0.4, -0.2) is 23.7 Å². The monoisotopic (exact) mass is 250 g/mol. The standard InChI is InChI=1S/C10H19BrO2/c1-7(9(3)11)8(2)10(5-12)6-13-4/h5,7-9,12H,6H2,1-4H3/b10-5+/t7-,8?,9+/m0/s1. The number of methoxy groups -OCH3 is 1. The van der Waals surface area contributed by atoms with E-state index in [1.807, 2.05) is 0 Å². The molecule has 0 aromatic carbocycles. The lowest BCUT2D eigenvalue weighted by molar-refractivity contribution is 0.206. The zero-order chi connectivity index (χ0) is 10.4. The highest BCUT2D eigenvalue weighted by Crippen LogP contribution is 2.26. The van der Waals surface area contributed by atoms with Crippen molar-refractivity contribution in [3.05, 3.63) is 11.8 Å². The number of rotatable bonds is 5. The van der Waals surface area contributed by atoms with Crippen LogP contribution < -0.4 is 0 Å². The molecule has 1 unspecified atom stereocenters. The van der Waals surface area contributed by atoms with E-state index in [1.54, 1.807) is 7.11 Å². The zero-order valence-electron chi connectivity index (χ0n) is 8.75. The molecule has 0 saturated carbocycles. The zero-order valence-corrected chi connectivity index (χ0v) is 10.3. The Hall–Kier alpha value is -0.0200. The number of alkyl halides is 1. The third kappa shape index (κ3) is 4.14. The molecule has 0 radical (unpaired) electrons. The van der Waals surface area contributed by atoms with Crippen molar-refractivity contribution >= 4 is 15.9 Å². The Labute approximate surface area is 89.1 Å². The summed E-state index contributed by atoms with van der Waals surface area (Å²) < 4.78 is 5.00. The van der Waals surface area contributed by atoms with E-state index in [4.69, 9.17) is 9.84 Å². The van der Waals surface area contributed by atoms with Crippen molar-refractivity contribution in [3.63, 3.8) is 0 Å². The molecule has 78 valence electrons. The van der Waals surface area contributed by atoms with E-state index in [0.717, 1.165) is 5.57 Å². The largest absolute Gasteiger partial charge is 0.516 e. The summed E-state index contributed by atoms with van der Waals surface area (Å²) in [5.74, 6) is 0.813. The predicted octanol–water partition coefficient (Wildman–Crippen LogP) is 3.13. The fourth-order valence-corrected chi connectivity index (χ4v) is 1.65. The van der Waals surface area contributed by atoms with Gasteiger partial charge in [0.1, 0.15) is 0 Å². The van der Waals surface area contributed by atoms with Crippen molar-refractivity contribution < 1.29 is 9.84 Å². The van der Waals surface area contributed by atoms with Crippen LogP contribution in [0.15, 0.2) is 11.8 Å².